The van der Waals surface area contributed by atoms with E-state index in [0.29, 0.717) is 16.7 Å². The fourth-order valence-electron chi connectivity index (χ4n) is 7.47. The highest BCUT2D eigenvalue weighted by atomic mass is 16.3. The average Bonchev–Trinajstić information content (AvgIpc) is 2.85. The quantitative estimate of drug-likeness (QED) is 0.707. The summed E-state index contributed by atoms with van der Waals surface area (Å²) in [7, 11) is 0. The van der Waals surface area contributed by atoms with E-state index in [0.717, 1.165) is 30.6 Å². The predicted molar refractivity (Wildman–Crippen MR) is 92.9 cm³/mol. The molecule has 130 valence electrons. The van der Waals surface area contributed by atoms with Gasteiger partial charge in [-0.3, -0.25) is 0 Å². The first-order valence-electron chi connectivity index (χ1n) is 9.92. The molecule has 3 fully saturated rings. The van der Waals surface area contributed by atoms with Gasteiger partial charge in [0.15, 0.2) is 0 Å². The number of fused-ring (bicyclic) bond motifs is 5. The molecular formula is C21H34O2. The monoisotopic (exact) mass is 318 g/mol. The van der Waals surface area contributed by atoms with Crippen molar-refractivity contribution in [2.24, 2.45) is 34.5 Å². The summed E-state index contributed by atoms with van der Waals surface area (Å²) in [4.78, 5) is 0. The van der Waals surface area contributed by atoms with Crippen LogP contribution in [0.3, 0.4) is 0 Å². The lowest BCUT2D eigenvalue weighted by atomic mass is 9.47. The largest absolute Gasteiger partial charge is 0.393 e. The van der Waals surface area contributed by atoms with E-state index in [-0.39, 0.29) is 12.2 Å². The van der Waals surface area contributed by atoms with E-state index in [2.05, 4.69) is 19.9 Å². The van der Waals surface area contributed by atoms with Crippen molar-refractivity contribution < 1.29 is 10.2 Å². The average molecular weight is 319 g/mol. The van der Waals surface area contributed by atoms with Crippen LogP contribution in [0.1, 0.15) is 72.1 Å². The molecule has 0 radical (unpaired) electrons. The Bertz CT molecular complexity index is 510. The van der Waals surface area contributed by atoms with Crippen LogP contribution in [0.25, 0.3) is 0 Å². The fraction of sp³-hybridized carbons (Fsp3) is 0.905. The third-order valence-corrected chi connectivity index (χ3v) is 8.73. The second-order valence-corrected chi connectivity index (χ2v) is 9.62. The summed E-state index contributed by atoms with van der Waals surface area (Å²) in [5.41, 5.74) is 2.25. The van der Waals surface area contributed by atoms with Crippen molar-refractivity contribution in [3.8, 4) is 0 Å². The van der Waals surface area contributed by atoms with Crippen molar-refractivity contribution in [3.63, 3.8) is 0 Å². The molecule has 4 aliphatic rings. The zero-order chi connectivity index (χ0) is 16.4. The lowest BCUT2D eigenvalue weighted by Crippen LogP contribution is -2.51. The summed E-state index contributed by atoms with van der Waals surface area (Å²) in [6, 6.07) is 0. The van der Waals surface area contributed by atoms with Crippen molar-refractivity contribution >= 4 is 0 Å². The highest BCUT2D eigenvalue weighted by molar-refractivity contribution is 5.25. The maximum atomic E-state index is 10.3. The molecule has 0 bridgehead atoms. The molecule has 4 rings (SSSR count). The minimum Gasteiger partial charge on any atom is -0.393 e. The van der Waals surface area contributed by atoms with Gasteiger partial charge in [-0.1, -0.05) is 25.5 Å². The van der Waals surface area contributed by atoms with Gasteiger partial charge >= 0.3 is 0 Å². The first kappa shape index (κ1) is 16.1. The zero-order valence-corrected chi connectivity index (χ0v) is 15.1. The predicted octanol–water partition coefficient (Wildman–Crippen LogP) is 4.31. The third-order valence-electron chi connectivity index (χ3n) is 8.73. The molecule has 3 saturated carbocycles. The van der Waals surface area contributed by atoms with Crippen LogP contribution in [0.4, 0.5) is 0 Å². The van der Waals surface area contributed by atoms with E-state index in [1.165, 1.54) is 38.5 Å². The van der Waals surface area contributed by atoms with Gasteiger partial charge in [0.1, 0.15) is 0 Å². The van der Waals surface area contributed by atoms with Gasteiger partial charge < -0.3 is 10.2 Å². The lowest BCUT2D eigenvalue weighted by Gasteiger charge is -2.58. The number of allylic oxidation sites excluding steroid dienone is 1. The van der Waals surface area contributed by atoms with Crippen LogP contribution in [0.5, 0.6) is 0 Å². The Morgan fingerprint density at radius 2 is 1.87 bits per heavy atom. The molecule has 2 heteroatoms. The molecule has 23 heavy (non-hydrogen) atoms. The van der Waals surface area contributed by atoms with E-state index < -0.39 is 0 Å². The normalized spacial score (nSPS) is 53.8. The lowest BCUT2D eigenvalue weighted by molar-refractivity contribution is -0.0675. The van der Waals surface area contributed by atoms with Crippen LogP contribution in [-0.4, -0.2) is 22.4 Å². The number of rotatable bonds is 1. The molecule has 2 nitrogen and oxygen atoms in total. The fourth-order valence-corrected chi connectivity index (χ4v) is 7.47. The van der Waals surface area contributed by atoms with Crippen molar-refractivity contribution in [3.05, 3.63) is 11.6 Å². The Morgan fingerprint density at radius 3 is 2.61 bits per heavy atom. The van der Waals surface area contributed by atoms with Gasteiger partial charge in [0.25, 0.3) is 0 Å². The highest BCUT2D eigenvalue weighted by Gasteiger charge is 2.59. The molecule has 2 N–H and O–H groups in total. The van der Waals surface area contributed by atoms with E-state index in [1.807, 2.05) is 6.92 Å². The molecule has 0 heterocycles. The smallest absolute Gasteiger partial charge is 0.0577 e. The Kier molecular flexibility index (Phi) is 3.74. The van der Waals surface area contributed by atoms with E-state index in [4.69, 9.17) is 0 Å². The Balaban J connectivity index is 1.65. The van der Waals surface area contributed by atoms with E-state index in [9.17, 15) is 10.2 Å². The molecule has 0 saturated heterocycles. The first-order chi connectivity index (χ1) is 10.9. The van der Waals surface area contributed by atoms with Crippen molar-refractivity contribution in [2.75, 3.05) is 0 Å². The molecule has 0 aromatic rings. The summed E-state index contributed by atoms with van der Waals surface area (Å²) < 4.78 is 0. The molecule has 0 aromatic carbocycles. The van der Waals surface area contributed by atoms with E-state index in [1.54, 1.807) is 5.57 Å². The second kappa shape index (κ2) is 5.33. The number of hydrogen-bond acceptors (Lipinski definition) is 2. The molecule has 0 amide bonds. The van der Waals surface area contributed by atoms with Crippen LogP contribution in [0.15, 0.2) is 11.6 Å². The van der Waals surface area contributed by atoms with Crippen molar-refractivity contribution in [2.45, 2.75) is 84.3 Å². The maximum absolute atomic E-state index is 10.3. The SMILES string of the molecule is CC(O)[C@H]1CCC2C3CC=C4CC(O)CCC4(C)C3CCC21C. The van der Waals surface area contributed by atoms with Gasteiger partial charge in [-0.25, -0.2) is 0 Å². The summed E-state index contributed by atoms with van der Waals surface area (Å²) >= 11 is 0. The van der Waals surface area contributed by atoms with Gasteiger partial charge in [0.05, 0.1) is 12.2 Å². The highest BCUT2D eigenvalue weighted by Crippen LogP contribution is 2.66. The maximum Gasteiger partial charge on any atom is 0.0577 e. The summed E-state index contributed by atoms with van der Waals surface area (Å²) in [5.74, 6) is 2.91. The van der Waals surface area contributed by atoms with Gasteiger partial charge in [-0.2, -0.15) is 0 Å². The van der Waals surface area contributed by atoms with Crippen LogP contribution < -0.4 is 0 Å². The van der Waals surface area contributed by atoms with Crippen molar-refractivity contribution in [1.29, 1.82) is 0 Å². The molecule has 8 atom stereocenters. The van der Waals surface area contributed by atoms with Crippen LogP contribution in [0, 0.1) is 34.5 Å². The Morgan fingerprint density at radius 1 is 1.09 bits per heavy atom. The summed E-state index contributed by atoms with van der Waals surface area (Å²) in [6.45, 7) is 6.98. The Labute approximate surface area is 141 Å². The van der Waals surface area contributed by atoms with E-state index >= 15 is 0 Å². The molecule has 0 aromatic heterocycles. The standard InChI is InChI=1S/C21H34O2/c1-13(22)17-6-7-18-16-5-4-14-12-15(23)8-10-20(14,2)19(16)9-11-21(17,18)3/h4,13,15-19,22-23H,5-12H2,1-3H3/t13?,15?,16?,17-,18?,19?,20?,21?/m1/s1. The molecule has 0 spiro atoms. The Hall–Kier alpha value is -0.340. The topological polar surface area (TPSA) is 40.5 Å². The zero-order valence-electron chi connectivity index (χ0n) is 15.1. The molecule has 4 aliphatic carbocycles. The van der Waals surface area contributed by atoms with Crippen LogP contribution in [0.2, 0.25) is 0 Å². The van der Waals surface area contributed by atoms with Crippen LogP contribution >= 0.6 is 0 Å². The second-order valence-electron chi connectivity index (χ2n) is 9.62. The molecule has 7 unspecified atom stereocenters. The van der Waals surface area contributed by atoms with Gasteiger partial charge in [0, 0.05) is 0 Å². The van der Waals surface area contributed by atoms with Gasteiger partial charge in [0.2, 0.25) is 0 Å². The number of hydrogen-bond donors (Lipinski definition) is 2. The molecular weight excluding hydrogens is 284 g/mol. The van der Waals surface area contributed by atoms with Gasteiger partial charge in [-0.15, -0.1) is 0 Å². The number of aliphatic hydroxyl groups excluding tert-OH is 2. The van der Waals surface area contributed by atoms with Gasteiger partial charge in [-0.05, 0) is 92.8 Å². The summed E-state index contributed by atoms with van der Waals surface area (Å²) in [5, 5.41) is 20.4. The third kappa shape index (κ3) is 2.20. The minimum atomic E-state index is -0.156. The minimum absolute atomic E-state index is 0.106. The van der Waals surface area contributed by atoms with Crippen LogP contribution in [-0.2, 0) is 0 Å². The van der Waals surface area contributed by atoms with Crippen molar-refractivity contribution in [1.82, 2.24) is 0 Å². The summed E-state index contributed by atoms with van der Waals surface area (Å²) in [6.07, 6.45) is 11.7. The number of aliphatic hydroxyl groups is 2. The molecule has 0 aliphatic heterocycles. The first-order valence-corrected chi connectivity index (χ1v) is 9.92.